The second-order valence-corrected chi connectivity index (χ2v) is 6.58. The molecule has 1 aromatic heterocycles. The largest absolute Gasteiger partial charge is 1.00 e. The second kappa shape index (κ2) is 8.73. The van der Waals surface area contributed by atoms with Gasteiger partial charge in [-0.15, -0.1) is 0 Å². The number of anilines is 2. The van der Waals surface area contributed by atoms with Crippen LogP contribution in [0.5, 0.6) is 0 Å². The lowest BCUT2D eigenvalue weighted by atomic mass is 10.2. The van der Waals surface area contributed by atoms with Crippen LogP contribution in [0.15, 0.2) is 12.3 Å². The first-order valence-corrected chi connectivity index (χ1v) is 7.67. The summed E-state index contributed by atoms with van der Waals surface area (Å²) in [6.07, 6.45) is 7.09. The number of aromatic nitrogens is 2. The predicted octanol–water partition coefficient (Wildman–Crippen LogP) is -1.02. The van der Waals surface area contributed by atoms with Crippen LogP contribution in [0.1, 0.15) is 25.7 Å². The van der Waals surface area contributed by atoms with E-state index in [1.54, 1.807) is 0 Å². The molecule has 0 radical (unpaired) electrons. The Morgan fingerprint density at radius 3 is 2.43 bits per heavy atom. The van der Waals surface area contributed by atoms with Gasteiger partial charge in [0.2, 0.25) is 5.95 Å². The molecule has 1 aromatic rings. The van der Waals surface area contributed by atoms with Gasteiger partial charge < -0.3 is 38.7 Å². The van der Waals surface area contributed by atoms with Crippen LogP contribution in [-0.4, -0.2) is 61.8 Å². The molecule has 0 unspecified atom stereocenters. The fourth-order valence-electron chi connectivity index (χ4n) is 2.41. The highest BCUT2D eigenvalue weighted by atomic mass is 127. The molecule has 120 valence electrons. The van der Waals surface area contributed by atoms with Gasteiger partial charge in [-0.05, 0) is 18.9 Å². The number of rotatable bonds is 5. The fraction of sp³-hybridized carbons (Fsp3) is 0.733. The first kappa shape index (κ1) is 18.4. The molecule has 5 nitrogen and oxygen atoms in total. The predicted molar refractivity (Wildman–Crippen MR) is 84.1 cm³/mol. The Morgan fingerprint density at radius 1 is 1.14 bits per heavy atom. The van der Waals surface area contributed by atoms with E-state index in [9.17, 15) is 0 Å². The number of hydrogen-bond acceptors (Lipinski definition) is 4. The van der Waals surface area contributed by atoms with Gasteiger partial charge in [0.15, 0.2) is 0 Å². The standard InChI is InChI=1S/C15H28N5.HI/c1-20(2,3)13-10-17-15-16-9-8-14(18-15)19-11-6-4-5-7-12-19;/h8-9H,4-7,10-13H2,1-3H3,(H,16,17,18);1H/q+1;/p-1. The van der Waals surface area contributed by atoms with Crippen LogP contribution in [0.4, 0.5) is 11.8 Å². The molecule has 0 saturated carbocycles. The summed E-state index contributed by atoms with van der Waals surface area (Å²) >= 11 is 0. The Bertz CT molecular complexity index is 411. The van der Waals surface area contributed by atoms with Crippen molar-refractivity contribution in [1.82, 2.24) is 9.97 Å². The van der Waals surface area contributed by atoms with E-state index in [4.69, 9.17) is 0 Å². The summed E-state index contributed by atoms with van der Waals surface area (Å²) in [5.74, 6) is 1.81. The molecule has 0 amide bonds. The van der Waals surface area contributed by atoms with E-state index < -0.39 is 0 Å². The molecule has 1 aliphatic heterocycles. The van der Waals surface area contributed by atoms with Crippen LogP contribution in [0.25, 0.3) is 0 Å². The van der Waals surface area contributed by atoms with Gasteiger partial charge in [-0.1, -0.05) is 12.8 Å². The van der Waals surface area contributed by atoms with Crippen molar-refractivity contribution in [3.63, 3.8) is 0 Å². The third-order valence-electron chi connectivity index (χ3n) is 3.64. The van der Waals surface area contributed by atoms with E-state index in [2.05, 4.69) is 41.3 Å². The Labute approximate surface area is 145 Å². The van der Waals surface area contributed by atoms with Crippen molar-refractivity contribution in [2.45, 2.75) is 25.7 Å². The minimum absolute atomic E-state index is 0. The normalized spacial score (nSPS) is 16.0. The molecule has 1 N–H and O–H groups in total. The van der Waals surface area contributed by atoms with Gasteiger partial charge in [0.1, 0.15) is 5.82 Å². The van der Waals surface area contributed by atoms with E-state index in [0.29, 0.717) is 0 Å². The minimum atomic E-state index is 0. The van der Waals surface area contributed by atoms with Gasteiger partial charge in [-0.3, -0.25) is 0 Å². The summed E-state index contributed by atoms with van der Waals surface area (Å²) in [5.41, 5.74) is 0. The molecule has 2 heterocycles. The summed E-state index contributed by atoms with van der Waals surface area (Å²) in [5, 5.41) is 3.33. The zero-order valence-electron chi connectivity index (χ0n) is 13.5. The third-order valence-corrected chi connectivity index (χ3v) is 3.64. The molecule has 0 bridgehead atoms. The van der Waals surface area contributed by atoms with E-state index >= 15 is 0 Å². The summed E-state index contributed by atoms with van der Waals surface area (Å²) < 4.78 is 0.943. The van der Waals surface area contributed by atoms with E-state index in [1.165, 1.54) is 25.7 Å². The number of halogens is 1. The highest BCUT2D eigenvalue weighted by molar-refractivity contribution is 5.42. The molecule has 2 rings (SSSR count). The van der Waals surface area contributed by atoms with Crippen molar-refractivity contribution in [3.05, 3.63) is 12.3 Å². The van der Waals surface area contributed by atoms with Gasteiger partial charge in [-0.2, -0.15) is 4.98 Å². The maximum absolute atomic E-state index is 4.65. The average molecular weight is 405 g/mol. The van der Waals surface area contributed by atoms with Crippen molar-refractivity contribution in [1.29, 1.82) is 0 Å². The lowest BCUT2D eigenvalue weighted by Crippen LogP contribution is -3.00. The summed E-state index contributed by atoms with van der Waals surface area (Å²) in [6.45, 7) is 4.19. The number of nitrogens with zero attached hydrogens (tertiary/aromatic N) is 4. The van der Waals surface area contributed by atoms with Crippen LogP contribution in [0.3, 0.4) is 0 Å². The zero-order valence-corrected chi connectivity index (χ0v) is 15.6. The SMILES string of the molecule is C[N+](C)(C)CCNc1nccc(N2CCCCCC2)n1.[I-]. The molecule has 0 atom stereocenters. The van der Waals surface area contributed by atoms with Crippen molar-refractivity contribution < 1.29 is 28.5 Å². The van der Waals surface area contributed by atoms with Gasteiger partial charge in [0.25, 0.3) is 0 Å². The molecule has 1 aliphatic rings. The third kappa shape index (κ3) is 6.78. The van der Waals surface area contributed by atoms with Gasteiger partial charge in [-0.25, -0.2) is 4.98 Å². The minimum Gasteiger partial charge on any atom is -1.00 e. The van der Waals surface area contributed by atoms with Crippen molar-refractivity contribution >= 4 is 11.8 Å². The second-order valence-electron chi connectivity index (χ2n) is 6.58. The van der Waals surface area contributed by atoms with E-state index in [0.717, 1.165) is 42.4 Å². The number of likely N-dealkylation sites (N-methyl/N-ethyl adjacent to an activating group) is 1. The van der Waals surface area contributed by atoms with Crippen LogP contribution < -0.4 is 34.2 Å². The highest BCUT2D eigenvalue weighted by Gasteiger charge is 2.12. The topological polar surface area (TPSA) is 41.1 Å². The lowest BCUT2D eigenvalue weighted by molar-refractivity contribution is -0.868. The molecular weight excluding hydrogens is 377 g/mol. The Morgan fingerprint density at radius 2 is 1.81 bits per heavy atom. The average Bonchev–Trinajstić information content (AvgIpc) is 2.66. The number of quaternary nitrogens is 1. The zero-order chi connectivity index (χ0) is 14.4. The summed E-state index contributed by atoms with van der Waals surface area (Å²) in [6, 6.07) is 2.02. The molecular formula is C15H28IN5. The number of hydrogen-bond donors (Lipinski definition) is 1. The molecule has 21 heavy (non-hydrogen) atoms. The van der Waals surface area contributed by atoms with Gasteiger partial charge >= 0.3 is 0 Å². The van der Waals surface area contributed by atoms with Gasteiger partial charge in [0.05, 0.1) is 34.2 Å². The Kier molecular flexibility index (Phi) is 7.65. The van der Waals surface area contributed by atoms with Crippen LogP contribution >= 0.6 is 0 Å². The molecule has 1 saturated heterocycles. The first-order valence-electron chi connectivity index (χ1n) is 7.67. The monoisotopic (exact) mass is 405 g/mol. The number of nitrogens with one attached hydrogen (secondary N) is 1. The van der Waals surface area contributed by atoms with Crippen LogP contribution in [0.2, 0.25) is 0 Å². The maximum atomic E-state index is 4.65. The summed E-state index contributed by atoms with van der Waals surface area (Å²) in [7, 11) is 6.57. The molecule has 6 heteroatoms. The van der Waals surface area contributed by atoms with Crippen LogP contribution in [0, 0.1) is 0 Å². The van der Waals surface area contributed by atoms with Crippen LogP contribution in [-0.2, 0) is 0 Å². The maximum Gasteiger partial charge on any atom is 0.224 e. The first-order chi connectivity index (χ1) is 9.54. The molecule has 1 fully saturated rings. The molecule has 0 aliphatic carbocycles. The molecule has 0 spiro atoms. The van der Waals surface area contributed by atoms with Crippen molar-refractivity contribution in [3.8, 4) is 0 Å². The van der Waals surface area contributed by atoms with Crippen molar-refractivity contribution in [2.24, 2.45) is 0 Å². The Hall–Kier alpha value is -0.630. The summed E-state index contributed by atoms with van der Waals surface area (Å²) in [4.78, 5) is 11.4. The van der Waals surface area contributed by atoms with Gasteiger partial charge in [0, 0.05) is 19.3 Å². The highest BCUT2D eigenvalue weighted by Crippen LogP contribution is 2.17. The fourth-order valence-corrected chi connectivity index (χ4v) is 2.41. The smallest absolute Gasteiger partial charge is 0.224 e. The molecule has 0 aromatic carbocycles. The van der Waals surface area contributed by atoms with E-state index in [1.807, 2.05) is 12.3 Å². The van der Waals surface area contributed by atoms with Crippen molar-refractivity contribution in [2.75, 3.05) is 57.5 Å². The lowest BCUT2D eigenvalue weighted by Gasteiger charge is -2.24. The Balaban J connectivity index is 0.00000220. The van der Waals surface area contributed by atoms with E-state index in [-0.39, 0.29) is 24.0 Å². The quantitative estimate of drug-likeness (QED) is 0.503.